The molecule has 0 aromatic rings. The van der Waals surface area contributed by atoms with Crippen LogP contribution >= 0.6 is 0 Å². The molecule has 1 N–H and O–H groups in total. The molecule has 4 aliphatic carbocycles. The number of aliphatic hydroxyl groups excluding tert-OH is 1. The van der Waals surface area contributed by atoms with E-state index in [2.05, 4.69) is 31.4 Å². The molecule has 4 saturated carbocycles. The van der Waals surface area contributed by atoms with Gasteiger partial charge in [0.15, 0.2) is 6.10 Å². The fourth-order valence-electron chi connectivity index (χ4n) is 11.3. The Bertz CT molecular complexity index is 905. The summed E-state index contributed by atoms with van der Waals surface area (Å²) in [5.41, 5.74) is 0.343. The van der Waals surface area contributed by atoms with E-state index in [1.165, 1.54) is 51.6 Å². The summed E-state index contributed by atoms with van der Waals surface area (Å²) < 4.78 is 13.1. The second kappa shape index (κ2) is 11.3. The molecule has 6 aliphatic rings. The Hall–Kier alpha value is -0.470. The molecule has 2 unspecified atom stereocenters. The van der Waals surface area contributed by atoms with Gasteiger partial charge in [0.25, 0.3) is 0 Å². The van der Waals surface area contributed by atoms with E-state index in [4.69, 9.17) is 9.47 Å². The molecule has 0 aromatic heterocycles. The standard InChI is InChI=1S/C32H53N2O4.BrH/c1-5-14-34(15-6-7-16-34)28-20-26-24-9-8-23-19-29(36)27(33-12-17-37-18-13-33)21-32(23,4)25(24)10-11-31(26,3)30(28)38-22(2)35;/h5,23-30,36H,1,6-21H2,2-4H3;1H/q+1;/p-1/t23-,24+,25-,26-,27-,28-,29-,30-,31?,32?;/m0./s1. The largest absolute Gasteiger partial charge is 1.00 e. The number of nitrogens with zero attached hydrogens (tertiary/aromatic N) is 2. The third-order valence-electron chi connectivity index (χ3n) is 13.1. The van der Waals surface area contributed by atoms with Gasteiger partial charge < -0.3 is 36.0 Å². The zero-order valence-electron chi connectivity index (χ0n) is 24.7. The summed E-state index contributed by atoms with van der Waals surface area (Å²) in [6, 6.07) is 0.663. The molecule has 6 rings (SSSR count). The summed E-state index contributed by atoms with van der Waals surface area (Å²) in [4.78, 5) is 15.0. The summed E-state index contributed by atoms with van der Waals surface area (Å²) >= 11 is 0. The average Bonchev–Trinajstić information content (AvgIpc) is 3.48. The lowest BCUT2D eigenvalue weighted by Gasteiger charge is -2.62. The van der Waals surface area contributed by atoms with Gasteiger partial charge in [-0.3, -0.25) is 9.69 Å². The van der Waals surface area contributed by atoms with Crippen molar-refractivity contribution in [3.8, 4) is 0 Å². The summed E-state index contributed by atoms with van der Waals surface area (Å²) in [5, 5.41) is 11.3. The summed E-state index contributed by atoms with van der Waals surface area (Å²) in [6.07, 6.45) is 12.7. The molecule has 10 atom stereocenters. The molecule has 39 heavy (non-hydrogen) atoms. The number of fused-ring (bicyclic) bond motifs is 5. The van der Waals surface area contributed by atoms with E-state index in [1.54, 1.807) is 6.92 Å². The Labute approximate surface area is 247 Å². The molecule has 0 amide bonds. The molecule has 0 aromatic carbocycles. The zero-order chi connectivity index (χ0) is 26.7. The lowest BCUT2D eigenvalue weighted by atomic mass is 9.44. The molecule has 2 heterocycles. The highest BCUT2D eigenvalue weighted by Gasteiger charge is 2.67. The van der Waals surface area contributed by atoms with Crippen molar-refractivity contribution in [2.45, 2.75) is 103 Å². The topological polar surface area (TPSA) is 59.0 Å². The van der Waals surface area contributed by atoms with Crippen LogP contribution in [0.1, 0.15) is 78.6 Å². The van der Waals surface area contributed by atoms with Gasteiger partial charge in [0, 0.05) is 50.7 Å². The second-order valence-electron chi connectivity index (χ2n) is 14.6. The highest BCUT2D eigenvalue weighted by molar-refractivity contribution is 5.66. The summed E-state index contributed by atoms with van der Waals surface area (Å²) in [7, 11) is 0. The van der Waals surface area contributed by atoms with E-state index < -0.39 is 0 Å². The number of hydrogen-bond acceptors (Lipinski definition) is 5. The number of halogens is 1. The maximum atomic E-state index is 12.5. The maximum absolute atomic E-state index is 12.5. The Morgan fingerprint density at radius 1 is 1.10 bits per heavy atom. The molecule has 6 fully saturated rings. The van der Waals surface area contributed by atoms with Crippen molar-refractivity contribution in [3.05, 3.63) is 12.7 Å². The highest BCUT2D eigenvalue weighted by Crippen LogP contribution is 2.67. The third kappa shape index (κ3) is 4.88. The van der Waals surface area contributed by atoms with Crippen molar-refractivity contribution < 1.29 is 40.8 Å². The van der Waals surface area contributed by atoms with Crippen LogP contribution in [-0.4, -0.2) is 90.7 Å². The van der Waals surface area contributed by atoms with Gasteiger partial charge in [-0.2, -0.15) is 0 Å². The molecule has 0 bridgehead atoms. The first-order valence-electron chi connectivity index (χ1n) is 15.9. The van der Waals surface area contributed by atoms with E-state index in [-0.39, 0.29) is 52.0 Å². The Morgan fingerprint density at radius 2 is 1.82 bits per heavy atom. The number of aliphatic hydroxyl groups is 1. The predicted octanol–water partition coefficient (Wildman–Crippen LogP) is 1.41. The van der Waals surface area contributed by atoms with Crippen LogP contribution in [0.15, 0.2) is 12.7 Å². The number of hydrogen-bond donors (Lipinski definition) is 1. The molecular formula is C32H53BrN2O4. The molecule has 0 spiro atoms. The Kier molecular flexibility index (Phi) is 8.70. The fraction of sp³-hybridized carbons (Fsp3) is 0.906. The number of carbonyl (C=O) groups is 1. The fourth-order valence-corrected chi connectivity index (χ4v) is 11.3. The molecule has 222 valence electrons. The molecule has 0 radical (unpaired) electrons. The van der Waals surface area contributed by atoms with Gasteiger partial charge in [-0.15, -0.1) is 0 Å². The first-order chi connectivity index (χ1) is 18.2. The van der Waals surface area contributed by atoms with Crippen molar-refractivity contribution in [1.82, 2.24) is 4.90 Å². The molecular weight excluding hydrogens is 556 g/mol. The molecule has 2 aliphatic heterocycles. The lowest BCUT2D eigenvalue weighted by molar-refractivity contribution is -0.937. The van der Waals surface area contributed by atoms with E-state index in [9.17, 15) is 9.90 Å². The summed E-state index contributed by atoms with van der Waals surface area (Å²) in [5.74, 6) is 2.54. The van der Waals surface area contributed by atoms with Crippen molar-refractivity contribution >= 4 is 5.97 Å². The van der Waals surface area contributed by atoms with Crippen LogP contribution in [0, 0.1) is 34.5 Å². The smallest absolute Gasteiger partial charge is 0.303 e. The average molecular weight is 610 g/mol. The van der Waals surface area contributed by atoms with E-state index in [0.717, 1.165) is 56.6 Å². The monoisotopic (exact) mass is 608 g/mol. The minimum Gasteiger partial charge on any atom is -1.00 e. The molecule has 7 heteroatoms. The van der Waals surface area contributed by atoms with E-state index in [1.807, 2.05) is 0 Å². The minimum absolute atomic E-state index is 0. The highest BCUT2D eigenvalue weighted by atomic mass is 79.9. The minimum atomic E-state index is -0.209. The summed E-state index contributed by atoms with van der Waals surface area (Å²) in [6.45, 7) is 17.7. The van der Waals surface area contributed by atoms with Crippen molar-refractivity contribution in [2.24, 2.45) is 34.5 Å². The van der Waals surface area contributed by atoms with Crippen LogP contribution < -0.4 is 17.0 Å². The molecule has 6 nitrogen and oxygen atoms in total. The number of ether oxygens (including phenoxy) is 2. The first-order valence-corrected chi connectivity index (χ1v) is 15.9. The Morgan fingerprint density at radius 3 is 2.49 bits per heavy atom. The van der Waals surface area contributed by atoms with Crippen LogP contribution in [0.25, 0.3) is 0 Å². The van der Waals surface area contributed by atoms with E-state index in [0.29, 0.717) is 29.7 Å². The third-order valence-corrected chi connectivity index (χ3v) is 13.1. The van der Waals surface area contributed by atoms with Gasteiger partial charge >= 0.3 is 5.97 Å². The Balaban J connectivity index is 0.00000308. The van der Waals surface area contributed by atoms with Crippen LogP contribution in [0.5, 0.6) is 0 Å². The first kappa shape index (κ1) is 30.0. The number of esters is 1. The number of rotatable bonds is 5. The number of morpholine rings is 1. The SMILES string of the molecule is C=CC[N+]1([C@H]2C[C@H]3[C@@H]4CC[C@H]5C[C@H](O)[C@@H](N6CCOCC6)CC5(C)[C@H]4CCC3(C)[C@H]2OC(C)=O)CCCC1.[Br-]. The second-order valence-corrected chi connectivity index (χ2v) is 14.6. The number of carbonyl (C=O) groups excluding carboxylic acids is 1. The normalized spacial score (nSPS) is 47.3. The van der Waals surface area contributed by atoms with Gasteiger partial charge in [-0.1, -0.05) is 20.4 Å². The van der Waals surface area contributed by atoms with Gasteiger partial charge in [0.05, 0.1) is 39.0 Å². The lowest BCUT2D eigenvalue weighted by Crippen LogP contribution is -3.00. The van der Waals surface area contributed by atoms with Crippen LogP contribution in [-0.2, 0) is 14.3 Å². The quantitative estimate of drug-likeness (QED) is 0.291. The number of quaternary nitrogens is 1. The van der Waals surface area contributed by atoms with Gasteiger partial charge in [-0.05, 0) is 73.7 Å². The number of likely N-dealkylation sites (tertiary alicyclic amines) is 1. The van der Waals surface area contributed by atoms with Crippen LogP contribution in [0.3, 0.4) is 0 Å². The van der Waals surface area contributed by atoms with Crippen molar-refractivity contribution in [3.63, 3.8) is 0 Å². The van der Waals surface area contributed by atoms with Crippen molar-refractivity contribution in [1.29, 1.82) is 0 Å². The van der Waals surface area contributed by atoms with Gasteiger partial charge in [-0.25, -0.2) is 0 Å². The van der Waals surface area contributed by atoms with Crippen LogP contribution in [0.2, 0.25) is 0 Å². The predicted molar refractivity (Wildman–Crippen MR) is 148 cm³/mol. The maximum Gasteiger partial charge on any atom is 0.303 e. The van der Waals surface area contributed by atoms with Crippen LogP contribution in [0.4, 0.5) is 0 Å². The van der Waals surface area contributed by atoms with Gasteiger partial charge in [0.1, 0.15) is 6.04 Å². The van der Waals surface area contributed by atoms with E-state index >= 15 is 0 Å². The molecule has 2 saturated heterocycles. The van der Waals surface area contributed by atoms with Crippen molar-refractivity contribution in [2.75, 3.05) is 45.9 Å². The zero-order valence-corrected chi connectivity index (χ0v) is 26.2. The van der Waals surface area contributed by atoms with Gasteiger partial charge in [0.2, 0.25) is 0 Å².